The number of carbonyl (C=O) groups is 1. The van der Waals surface area contributed by atoms with E-state index in [-0.39, 0.29) is 18.4 Å². The van der Waals surface area contributed by atoms with Gasteiger partial charge < -0.3 is 10.6 Å². The van der Waals surface area contributed by atoms with Crippen molar-refractivity contribution < 1.29 is 18.0 Å². The number of alkyl halides is 3. The molecule has 0 unspecified atom stereocenters. The zero-order valence-electron chi connectivity index (χ0n) is 13.1. The number of hydrogen-bond donors (Lipinski definition) is 2. The number of rotatable bonds is 5. The van der Waals surface area contributed by atoms with Crippen LogP contribution in [0.4, 0.5) is 18.9 Å². The lowest BCUT2D eigenvalue weighted by Crippen LogP contribution is -2.45. The number of carbonyl (C=O) groups excluding carboxylic acids is 1. The van der Waals surface area contributed by atoms with Crippen LogP contribution in [0.25, 0.3) is 0 Å². The topological polar surface area (TPSA) is 44.4 Å². The molecular weight excluding hydrogens is 307 g/mol. The molecule has 1 heterocycles. The fraction of sp³-hybridized carbons (Fsp3) is 0.562. The van der Waals surface area contributed by atoms with Crippen molar-refractivity contribution in [3.8, 4) is 0 Å². The fourth-order valence-electron chi connectivity index (χ4n) is 2.85. The first-order valence-corrected chi connectivity index (χ1v) is 7.74. The van der Waals surface area contributed by atoms with Gasteiger partial charge >= 0.3 is 6.18 Å². The molecule has 1 saturated heterocycles. The molecule has 0 radical (unpaired) electrons. The van der Waals surface area contributed by atoms with Gasteiger partial charge in [-0.1, -0.05) is 12.1 Å². The second-order valence-electron chi connectivity index (χ2n) is 5.76. The third-order valence-electron chi connectivity index (χ3n) is 3.91. The fourth-order valence-corrected chi connectivity index (χ4v) is 2.85. The van der Waals surface area contributed by atoms with E-state index in [2.05, 4.69) is 15.5 Å². The van der Waals surface area contributed by atoms with Crippen molar-refractivity contribution in [1.29, 1.82) is 0 Å². The highest BCUT2D eigenvalue weighted by Gasteiger charge is 2.31. The standard InChI is InChI=1S/C16H22F3N3O/c1-12(23)21-14-4-2-13(3-5-14)15(6-7-16(17,18)19)22-10-8-20-9-11-22/h2-5,15,20H,6-11H2,1H3,(H,21,23)/t15-/m1/s1. The maximum atomic E-state index is 12.6. The molecule has 1 aromatic carbocycles. The molecule has 1 aliphatic rings. The van der Waals surface area contributed by atoms with Crippen molar-refractivity contribution in [3.63, 3.8) is 0 Å². The van der Waals surface area contributed by atoms with Crippen LogP contribution in [0.1, 0.15) is 31.4 Å². The molecule has 0 saturated carbocycles. The Morgan fingerprint density at radius 1 is 1.26 bits per heavy atom. The maximum Gasteiger partial charge on any atom is 0.389 e. The summed E-state index contributed by atoms with van der Waals surface area (Å²) in [5.74, 6) is -0.173. The van der Waals surface area contributed by atoms with Crippen molar-refractivity contribution in [2.75, 3.05) is 31.5 Å². The Morgan fingerprint density at radius 2 is 1.87 bits per heavy atom. The largest absolute Gasteiger partial charge is 0.389 e. The lowest BCUT2D eigenvalue weighted by atomic mass is 9.99. The number of amides is 1. The first-order chi connectivity index (χ1) is 10.8. The molecule has 0 bridgehead atoms. The Morgan fingerprint density at radius 3 is 2.39 bits per heavy atom. The number of nitrogens with zero attached hydrogens (tertiary/aromatic N) is 1. The SMILES string of the molecule is CC(=O)Nc1ccc([C@@H](CCC(F)(F)F)N2CCNCC2)cc1. The predicted octanol–water partition coefficient (Wildman–Crippen LogP) is 2.93. The maximum absolute atomic E-state index is 12.6. The van der Waals surface area contributed by atoms with Gasteiger partial charge in [0.05, 0.1) is 0 Å². The summed E-state index contributed by atoms with van der Waals surface area (Å²) in [6, 6.07) is 6.81. The molecule has 2 N–H and O–H groups in total. The second-order valence-corrected chi connectivity index (χ2v) is 5.76. The second kappa shape index (κ2) is 7.79. The normalized spacial score (nSPS) is 17.7. The Labute approximate surface area is 134 Å². The number of piperazine rings is 1. The summed E-state index contributed by atoms with van der Waals surface area (Å²) in [6.07, 6.45) is -4.90. The van der Waals surface area contributed by atoms with Gasteiger partial charge in [0.15, 0.2) is 0 Å². The van der Waals surface area contributed by atoms with Gasteiger partial charge in [-0.05, 0) is 24.1 Å². The van der Waals surface area contributed by atoms with E-state index in [0.717, 1.165) is 31.7 Å². The minimum atomic E-state index is -4.15. The monoisotopic (exact) mass is 329 g/mol. The van der Waals surface area contributed by atoms with Crippen molar-refractivity contribution in [1.82, 2.24) is 10.2 Å². The zero-order chi connectivity index (χ0) is 16.9. The number of halogens is 3. The molecule has 1 atom stereocenters. The first-order valence-electron chi connectivity index (χ1n) is 7.74. The lowest BCUT2D eigenvalue weighted by molar-refractivity contribution is -0.138. The molecular formula is C16H22F3N3O. The zero-order valence-corrected chi connectivity index (χ0v) is 13.1. The average Bonchev–Trinajstić information content (AvgIpc) is 2.48. The molecule has 4 nitrogen and oxygen atoms in total. The van der Waals surface area contributed by atoms with Crippen molar-refractivity contribution >= 4 is 11.6 Å². The molecule has 2 rings (SSSR count). The van der Waals surface area contributed by atoms with E-state index in [1.807, 2.05) is 0 Å². The third-order valence-corrected chi connectivity index (χ3v) is 3.91. The van der Waals surface area contributed by atoms with Crippen LogP contribution in [0, 0.1) is 0 Å². The summed E-state index contributed by atoms with van der Waals surface area (Å²) in [4.78, 5) is 13.1. The Kier molecular flexibility index (Phi) is 6.01. The third kappa shape index (κ3) is 5.84. The van der Waals surface area contributed by atoms with Crippen LogP contribution >= 0.6 is 0 Å². The van der Waals surface area contributed by atoms with Crippen LogP contribution in [-0.2, 0) is 4.79 Å². The van der Waals surface area contributed by atoms with Crippen LogP contribution < -0.4 is 10.6 Å². The van der Waals surface area contributed by atoms with Crippen LogP contribution in [0.2, 0.25) is 0 Å². The highest BCUT2D eigenvalue weighted by molar-refractivity contribution is 5.88. The number of nitrogens with one attached hydrogen (secondary N) is 2. The van der Waals surface area contributed by atoms with Gasteiger partial charge in [-0.25, -0.2) is 0 Å². The molecule has 1 fully saturated rings. The summed E-state index contributed by atoms with van der Waals surface area (Å²) in [7, 11) is 0. The molecule has 128 valence electrons. The van der Waals surface area contributed by atoms with Gasteiger partial charge in [-0.3, -0.25) is 9.69 Å². The van der Waals surface area contributed by atoms with Gasteiger partial charge in [0.1, 0.15) is 0 Å². The highest BCUT2D eigenvalue weighted by atomic mass is 19.4. The van der Waals surface area contributed by atoms with E-state index in [1.165, 1.54) is 6.92 Å². The summed E-state index contributed by atoms with van der Waals surface area (Å²) in [5, 5.41) is 5.88. The molecule has 7 heteroatoms. The highest BCUT2D eigenvalue weighted by Crippen LogP contribution is 2.32. The van der Waals surface area contributed by atoms with Gasteiger partial charge in [-0.15, -0.1) is 0 Å². The lowest BCUT2D eigenvalue weighted by Gasteiger charge is -2.35. The van der Waals surface area contributed by atoms with Gasteiger partial charge in [-0.2, -0.15) is 13.2 Å². The van der Waals surface area contributed by atoms with Gasteiger partial charge in [0, 0.05) is 51.3 Å². The summed E-state index contributed by atoms with van der Waals surface area (Å²) in [5.41, 5.74) is 1.50. The van der Waals surface area contributed by atoms with E-state index in [9.17, 15) is 18.0 Å². The number of anilines is 1. The molecule has 0 aliphatic carbocycles. The molecule has 1 aliphatic heterocycles. The van der Waals surface area contributed by atoms with Crippen LogP contribution in [0.3, 0.4) is 0 Å². The molecule has 23 heavy (non-hydrogen) atoms. The first kappa shape index (κ1) is 17.7. The quantitative estimate of drug-likeness (QED) is 0.873. The van der Waals surface area contributed by atoms with E-state index in [4.69, 9.17) is 0 Å². The van der Waals surface area contributed by atoms with E-state index >= 15 is 0 Å². The molecule has 0 aromatic heterocycles. The van der Waals surface area contributed by atoms with Crippen molar-refractivity contribution in [3.05, 3.63) is 29.8 Å². The van der Waals surface area contributed by atoms with Crippen molar-refractivity contribution in [2.45, 2.75) is 32.0 Å². The van der Waals surface area contributed by atoms with Gasteiger partial charge in [0.25, 0.3) is 0 Å². The Hall–Kier alpha value is -1.60. The van der Waals surface area contributed by atoms with Crippen LogP contribution in [0.15, 0.2) is 24.3 Å². The molecule has 1 amide bonds. The molecule has 0 spiro atoms. The number of benzene rings is 1. The summed E-state index contributed by atoms with van der Waals surface area (Å²) < 4.78 is 37.9. The minimum Gasteiger partial charge on any atom is -0.326 e. The number of hydrogen-bond acceptors (Lipinski definition) is 3. The summed E-state index contributed by atoms with van der Waals surface area (Å²) in [6.45, 7) is 4.45. The van der Waals surface area contributed by atoms with Crippen molar-refractivity contribution in [2.24, 2.45) is 0 Å². The minimum absolute atomic E-state index is 0.0446. The summed E-state index contributed by atoms with van der Waals surface area (Å²) >= 11 is 0. The van der Waals surface area contributed by atoms with E-state index in [0.29, 0.717) is 5.69 Å². The Bertz CT molecular complexity index is 510. The predicted molar refractivity (Wildman–Crippen MR) is 83.2 cm³/mol. The Balaban J connectivity index is 2.12. The van der Waals surface area contributed by atoms with Gasteiger partial charge in [0.2, 0.25) is 5.91 Å². The van der Waals surface area contributed by atoms with Crippen LogP contribution in [-0.4, -0.2) is 43.2 Å². The molecule has 1 aromatic rings. The van der Waals surface area contributed by atoms with E-state index < -0.39 is 12.6 Å². The van der Waals surface area contributed by atoms with Crippen LogP contribution in [0.5, 0.6) is 0 Å². The van der Waals surface area contributed by atoms with E-state index in [1.54, 1.807) is 24.3 Å². The smallest absolute Gasteiger partial charge is 0.326 e. The average molecular weight is 329 g/mol.